The zero-order valence-electron chi connectivity index (χ0n) is 16.4. The van der Waals surface area contributed by atoms with E-state index >= 15 is 0 Å². The highest BCUT2D eigenvalue weighted by atomic mass is 32.1. The van der Waals surface area contributed by atoms with Gasteiger partial charge in [-0.25, -0.2) is 0 Å². The molecule has 1 aromatic carbocycles. The molecule has 0 aliphatic carbocycles. The quantitative estimate of drug-likeness (QED) is 0.649. The van der Waals surface area contributed by atoms with Crippen LogP contribution in [-0.4, -0.2) is 24.4 Å². The molecule has 4 N–H and O–H groups in total. The maximum absolute atomic E-state index is 12.6. The molecule has 0 spiro atoms. The average Bonchev–Trinajstić information content (AvgIpc) is 3.18. The number of nitrogens with two attached hydrogens (primary N) is 1. The van der Waals surface area contributed by atoms with Gasteiger partial charge in [0.05, 0.1) is 4.88 Å². The number of carbonyl (C=O) groups is 2. The van der Waals surface area contributed by atoms with Crippen LogP contribution in [0.5, 0.6) is 0 Å². The van der Waals surface area contributed by atoms with E-state index in [1.165, 1.54) is 16.9 Å². The monoisotopic (exact) mass is 387 g/mol. The Kier molecular flexibility index (Phi) is 7.56. The molecule has 27 heavy (non-hydrogen) atoms. The minimum absolute atomic E-state index is 0.0320. The first-order valence-electron chi connectivity index (χ1n) is 9.27. The van der Waals surface area contributed by atoms with Crippen LogP contribution in [0, 0.1) is 5.92 Å². The van der Waals surface area contributed by atoms with E-state index in [1.54, 1.807) is 6.07 Å². The molecule has 0 saturated carbocycles. The molecule has 2 unspecified atom stereocenters. The van der Waals surface area contributed by atoms with Crippen molar-refractivity contribution in [3.63, 3.8) is 0 Å². The van der Waals surface area contributed by atoms with Crippen LogP contribution >= 0.6 is 11.3 Å². The van der Waals surface area contributed by atoms with Crippen LogP contribution in [-0.2, 0) is 4.79 Å². The molecular weight excluding hydrogens is 358 g/mol. The molecule has 2 rings (SSSR count). The van der Waals surface area contributed by atoms with Gasteiger partial charge < -0.3 is 16.4 Å². The lowest BCUT2D eigenvalue weighted by Gasteiger charge is -2.22. The van der Waals surface area contributed by atoms with Crippen molar-refractivity contribution < 1.29 is 9.59 Å². The van der Waals surface area contributed by atoms with Crippen LogP contribution in [0.1, 0.15) is 60.5 Å². The number of carbonyl (C=O) groups excluding carboxylic acids is 2. The summed E-state index contributed by atoms with van der Waals surface area (Å²) in [5.74, 6) is -0.0132. The summed E-state index contributed by atoms with van der Waals surface area (Å²) in [5, 5.41) is 7.53. The molecule has 2 atom stereocenters. The zero-order chi connectivity index (χ0) is 20.0. The van der Waals surface area contributed by atoms with Gasteiger partial charge in [-0.2, -0.15) is 0 Å². The van der Waals surface area contributed by atoms with Gasteiger partial charge in [-0.1, -0.05) is 58.0 Å². The lowest BCUT2D eigenvalue weighted by molar-refractivity contribution is -0.124. The minimum atomic E-state index is -0.602. The van der Waals surface area contributed by atoms with Crippen molar-refractivity contribution in [1.29, 1.82) is 0 Å². The van der Waals surface area contributed by atoms with Crippen molar-refractivity contribution in [2.75, 3.05) is 6.54 Å². The van der Waals surface area contributed by atoms with Crippen molar-refractivity contribution in [3.8, 4) is 0 Å². The van der Waals surface area contributed by atoms with Crippen LogP contribution in [0.15, 0.2) is 41.8 Å². The Labute approximate surface area is 165 Å². The number of nitrogens with one attached hydrogen (secondary N) is 2. The van der Waals surface area contributed by atoms with Crippen molar-refractivity contribution in [1.82, 2.24) is 10.6 Å². The maximum Gasteiger partial charge on any atom is 0.262 e. The van der Waals surface area contributed by atoms with Gasteiger partial charge in [0.15, 0.2) is 0 Å². The fraction of sp³-hybridized carbons (Fsp3) is 0.429. The van der Waals surface area contributed by atoms with E-state index in [9.17, 15) is 9.59 Å². The Morgan fingerprint density at radius 1 is 1.04 bits per heavy atom. The summed E-state index contributed by atoms with van der Waals surface area (Å²) >= 11 is 1.35. The van der Waals surface area contributed by atoms with E-state index in [0.29, 0.717) is 17.3 Å². The molecule has 1 heterocycles. The number of rotatable bonds is 8. The summed E-state index contributed by atoms with van der Waals surface area (Å²) in [6.07, 6.45) is 0. The molecule has 0 radical (unpaired) electrons. The predicted molar refractivity (Wildman–Crippen MR) is 111 cm³/mol. The Hall–Kier alpha value is -2.18. The van der Waals surface area contributed by atoms with Gasteiger partial charge in [0.1, 0.15) is 6.04 Å². The van der Waals surface area contributed by atoms with Gasteiger partial charge in [0, 0.05) is 12.6 Å². The number of benzene rings is 1. The summed E-state index contributed by atoms with van der Waals surface area (Å²) in [6.45, 7) is 8.42. The van der Waals surface area contributed by atoms with Crippen LogP contribution < -0.4 is 16.4 Å². The van der Waals surface area contributed by atoms with E-state index in [2.05, 4.69) is 36.6 Å². The highest BCUT2D eigenvalue weighted by Gasteiger charge is 2.25. The van der Waals surface area contributed by atoms with Gasteiger partial charge in [0.2, 0.25) is 5.91 Å². The van der Waals surface area contributed by atoms with E-state index in [-0.39, 0.29) is 23.8 Å². The third kappa shape index (κ3) is 5.91. The number of hydrogen-bond donors (Lipinski definition) is 3. The predicted octanol–water partition coefficient (Wildman–Crippen LogP) is 3.44. The molecule has 2 aromatic rings. The average molecular weight is 388 g/mol. The maximum atomic E-state index is 12.6. The number of hydrogen-bond acceptors (Lipinski definition) is 4. The first-order chi connectivity index (χ1) is 12.8. The Bertz CT molecular complexity index is 739. The van der Waals surface area contributed by atoms with Crippen LogP contribution in [0.4, 0.5) is 0 Å². The summed E-state index contributed by atoms with van der Waals surface area (Å²) < 4.78 is 0. The van der Waals surface area contributed by atoms with Crippen LogP contribution in [0.25, 0.3) is 0 Å². The summed E-state index contributed by atoms with van der Waals surface area (Å²) in [5.41, 5.74) is 8.45. The molecule has 0 aliphatic heterocycles. The molecule has 146 valence electrons. The zero-order valence-corrected chi connectivity index (χ0v) is 17.2. The van der Waals surface area contributed by atoms with E-state index in [0.717, 1.165) is 5.56 Å². The summed E-state index contributed by atoms with van der Waals surface area (Å²) in [4.78, 5) is 25.5. The molecule has 6 heteroatoms. The smallest absolute Gasteiger partial charge is 0.262 e. The number of amides is 2. The normalized spacial score (nSPS) is 13.4. The molecule has 0 fully saturated rings. The first kappa shape index (κ1) is 21.1. The van der Waals surface area contributed by atoms with Gasteiger partial charge in [-0.15, -0.1) is 11.3 Å². The molecular formula is C21H29N3O2S. The fourth-order valence-corrected chi connectivity index (χ4v) is 3.35. The summed E-state index contributed by atoms with van der Waals surface area (Å²) in [7, 11) is 0. The topological polar surface area (TPSA) is 84.2 Å². The van der Waals surface area contributed by atoms with Gasteiger partial charge in [-0.3, -0.25) is 9.59 Å². The summed E-state index contributed by atoms with van der Waals surface area (Å²) in [6, 6.07) is 10.8. The lowest BCUT2D eigenvalue weighted by atomic mass is 9.99. The minimum Gasteiger partial charge on any atom is -0.352 e. The van der Waals surface area contributed by atoms with E-state index in [4.69, 9.17) is 5.73 Å². The van der Waals surface area contributed by atoms with Crippen molar-refractivity contribution in [2.45, 2.75) is 45.7 Å². The van der Waals surface area contributed by atoms with Crippen molar-refractivity contribution in [3.05, 3.63) is 57.8 Å². The second kappa shape index (κ2) is 9.67. The Morgan fingerprint density at radius 3 is 2.19 bits per heavy atom. The van der Waals surface area contributed by atoms with Crippen LogP contribution in [0.2, 0.25) is 0 Å². The van der Waals surface area contributed by atoms with E-state index in [1.807, 2.05) is 37.4 Å². The molecule has 2 amide bonds. The van der Waals surface area contributed by atoms with Gasteiger partial charge in [0.25, 0.3) is 5.91 Å². The Morgan fingerprint density at radius 2 is 1.67 bits per heavy atom. The molecule has 1 aromatic heterocycles. The van der Waals surface area contributed by atoms with Crippen LogP contribution in [0.3, 0.4) is 0 Å². The van der Waals surface area contributed by atoms with Crippen molar-refractivity contribution in [2.24, 2.45) is 11.7 Å². The molecule has 0 aliphatic rings. The standard InChI is InChI=1S/C21H29N3O2S/c1-13(2)15-7-9-16(10-8-15)17(22)12-23-21(26)19(14(3)4)24-20(25)18-6-5-11-27-18/h5-11,13-14,17,19H,12,22H2,1-4H3,(H,23,26)(H,24,25). The third-order valence-corrected chi connectivity index (χ3v) is 5.38. The lowest BCUT2D eigenvalue weighted by Crippen LogP contribution is -2.50. The first-order valence-corrected chi connectivity index (χ1v) is 10.1. The largest absolute Gasteiger partial charge is 0.352 e. The highest BCUT2D eigenvalue weighted by Crippen LogP contribution is 2.17. The number of thiophene rings is 1. The van der Waals surface area contributed by atoms with E-state index < -0.39 is 6.04 Å². The highest BCUT2D eigenvalue weighted by molar-refractivity contribution is 7.12. The van der Waals surface area contributed by atoms with Crippen molar-refractivity contribution >= 4 is 23.2 Å². The molecule has 5 nitrogen and oxygen atoms in total. The molecule has 0 bridgehead atoms. The Balaban J connectivity index is 1.93. The SMILES string of the molecule is CC(C)c1ccc(C(N)CNC(=O)C(NC(=O)c2cccs2)C(C)C)cc1. The van der Waals surface area contributed by atoms with Gasteiger partial charge >= 0.3 is 0 Å². The van der Waals surface area contributed by atoms with Gasteiger partial charge in [-0.05, 0) is 34.4 Å². The second-order valence-electron chi connectivity index (χ2n) is 7.35. The third-order valence-electron chi connectivity index (χ3n) is 4.51. The second-order valence-corrected chi connectivity index (χ2v) is 8.29. The molecule has 0 saturated heterocycles. The fourth-order valence-electron chi connectivity index (χ4n) is 2.72.